The average molecular weight is 606 g/mol. The number of aromatic nitrogens is 2. The van der Waals surface area contributed by atoms with E-state index < -0.39 is 31.8 Å². The van der Waals surface area contributed by atoms with Gasteiger partial charge in [-0.1, -0.05) is 18.2 Å². The number of piperidine rings is 1. The van der Waals surface area contributed by atoms with E-state index in [9.17, 15) is 21.9 Å². The van der Waals surface area contributed by atoms with Crippen LogP contribution >= 0.6 is 0 Å². The molecule has 4 N–H and O–H groups in total. The van der Waals surface area contributed by atoms with Crippen LogP contribution in [0.25, 0.3) is 11.3 Å². The van der Waals surface area contributed by atoms with E-state index in [0.717, 1.165) is 11.3 Å². The summed E-state index contributed by atoms with van der Waals surface area (Å²) in [6, 6.07) is 14.7. The molecule has 2 aromatic carbocycles. The van der Waals surface area contributed by atoms with Crippen molar-refractivity contribution in [2.24, 2.45) is 0 Å². The van der Waals surface area contributed by atoms with Gasteiger partial charge in [-0.05, 0) is 56.6 Å². The van der Waals surface area contributed by atoms with Crippen molar-refractivity contribution in [2.75, 3.05) is 39.9 Å². The fourth-order valence-electron chi connectivity index (χ4n) is 5.25. The SMILES string of the molecule is CNS(=O)(=O)c1cccc(OC[C@@H](O)CN[C@H]2COC3(CCN(S(=O)(=O)c4cccc(-c5ccn[nH]5)c4)CC3)C2)c1. The van der Waals surface area contributed by atoms with Gasteiger partial charge < -0.3 is 19.9 Å². The summed E-state index contributed by atoms with van der Waals surface area (Å²) in [4.78, 5) is 0.332. The van der Waals surface area contributed by atoms with E-state index in [1.54, 1.807) is 42.6 Å². The Morgan fingerprint density at radius 1 is 1.12 bits per heavy atom. The van der Waals surface area contributed by atoms with Crippen LogP contribution in [0.1, 0.15) is 19.3 Å². The number of benzene rings is 2. The van der Waals surface area contributed by atoms with Gasteiger partial charge in [0.05, 0.1) is 27.7 Å². The van der Waals surface area contributed by atoms with Crippen LogP contribution in [0.2, 0.25) is 0 Å². The number of hydrogen-bond acceptors (Lipinski definition) is 9. The lowest BCUT2D eigenvalue weighted by Crippen LogP contribution is -2.47. The first-order valence-corrected chi connectivity index (χ1v) is 16.3. The second kappa shape index (κ2) is 12.2. The van der Waals surface area contributed by atoms with Crippen molar-refractivity contribution in [3.63, 3.8) is 0 Å². The zero-order valence-electron chi connectivity index (χ0n) is 22.7. The van der Waals surface area contributed by atoms with Gasteiger partial charge in [0.1, 0.15) is 18.5 Å². The summed E-state index contributed by atoms with van der Waals surface area (Å²) in [5, 5.41) is 20.5. The number of nitrogens with zero attached hydrogens (tertiary/aromatic N) is 2. The highest BCUT2D eigenvalue weighted by molar-refractivity contribution is 7.89. The maximum absolute atomic E-state index is 13.4. The molecule has 222 valence electrons. The Labute approximate surface area is 240 Å². The zero-order chi connectivity index (χ0) is 29.1. The smallest absolute Gasteiger partial charge is 0.243 e. The van der Waals surface area contributed by atoms with E-state index >= 15 is 0 Å². The molecule has 14 heteroatoms. The molecule has 2 fully saturated rings. The summed E-state index contributed by atoms with van der Waals surface area (Å²) in [7, 11) is -5.91. The van der Waals surface area contributed by atoms with Crippen molar-refractivity contribution in [1.29, 1.82) is 0 Å². The molecule has 12 nitrogen and oxygen atoms in total. The van der Waals surface area contributed by atoms with Crippen molar-refractivity contribution < 1.29 is 31.4 Å². The van der Waals surface area contributed by atoms with E-state index in [1.807, 2.05) is 6.07 Å². The van der Waals surface area contributed by atoms with E-state index in [-0.39, 0.29) is 29.0 Å². The number of H-pyrrole nitrogens is 1. The Hall–Kier alpha value is -2.85. The minimum Gasteiger partial charge on any atom is -0.491 e. The molecule has 2 saturated heterocycles. The molecule has 0 saturated carbocycles. The highest BCUT2D eigenvalue weighted by Crippen LogP contribution is 2.37. The number of ether oxygens (including phenoxy) is 2. The molecular weight excluding hydrogens is 570 g/mol. The van der Waals surface area contributed by atoms with Gasteiger partial charge in [0.25, 0.3) is 0 Å². The maximum Gasteiger partial charge on any atom is 0.243 e. The number of rotatable bonds is 11. The van der Waals surface area contributed by atoms with Crippen LogP contribution in [-0.4, -0.2) is 94.1 Å². The second-order valence-corrected chi connectivity index (χ2v) is 14.2. The summed E-state index contributed by atoms with van der Waals surface area (Å²) >= 11 is 0. The number of sulfonamides is 2. The van der Waals surface area contributed by atoms with E-state index in [1.165, 1.54) is 23.5 Å². The van der Waals surface area contributed by atoms with Gasteiger partial charge >= 0.3 is 0 Å². The minimum atomic E-state index is -3.65. The monoisotopic (exact) mass is 605 g/mol. The average Bonchev–Trinajstić information content (AvgIpc) is 3.66. The van der Waals surface area contributed by atoms with E-state index in [2.05, 4.69) is 20.2 Å². The first-order valence-electron chi connectivity index (χ1n) is 13.4. The largest absolute Gasteiger partial charge is 0.491 e. The third kappa shape index (κ3) is 6.80. The summed E-state index contributed by atoms with van der Waals surface area (Å²) in [6.45, 7) is 1.45. The number of nitrogens with one attached hydrogen (secondary N) is 3. The van der Waals surface area contributed by atoms with Crippen LogP contribution in [0, 0.1) is 0 Å². The molecule has 0 radical (unpaired) electrons. The van der Waals surface area contributed by atoms with Crippen LogP contribution in [-0.2, 0) is 24.8 Å². The summed E-state index contributed by atoms with van der Waals surface area (Å²) in [5.41, 5.74) is 1.11. The fraction of sp³-hybridized carbons (Fsp3) is 0.444. The van der Waals surface area contributed by atoms with Crippen LogP contribution in [0.15, 0.2) is 70.6 Å². The molecule has 2 aliphatic rings. The Morgan fingerprint density at radius 2 is 1.88 bits per heavy atom. The molecule has 3 heterocycles. The van der Waals surface area contributed by atoms with Crippen molar-refractivity contribution in [2.45, 2.75) is 46.8 Å². The van der Waals surface area contributed by atoms with E-state index in [0.29, 0.717) is 44.7 Å². The number of hydrogen-bond donors (Lipinski definition) is 4. The van der Waals surface area contributed by atoms with Crippen LogP contribution in [0.3, 0.4) is 0 Å². The molecule has 0 unspecified atom stereocenters. The predicted molar refractivity (Wildman–Crippen MR) is 151 cm³/mol. The molecule has 3 aromatic rings. The third-order valence-electron chi connectivity index (χ3n) is 7.60. The first kappa shape index (κ1) is 29.6. The van der Waals surface area contributed by atoms with Gasteiger partial charge in [0.15, 0.2) is 0 Å². The molecule has 0 aliphatic carbocycles. The molecular formula is C27H35N5O7S2. The normalized spacial score (nSPS) is 20.3. The molecule has 1 aromatic heterocycles. The Balaban J connectivity index is 1.09. The first-order chi connectivity index (χ1) is 19.6. The topological polar surface area (TPSA) is 163 Å². The lowest BCUT2D eigenvalue weighted by molar-refractivity contribution is -0.0312. The van der Waals surface area contributed by atoms with Gasteiger partial charge in [-0.3, -0.25) is 5.10 Å². The standard InChI is InChI=1S/C27H35N5O7S2/c1-28-40(34,35)24-6-3-5-23(15-24)38-19-22(33)17-29-21-16-27(39-18-21)9-12-32(13-10-27)41(36,37)25-7-2-4-20(14-25)26-8-11-30-31-26/h2-8,11,14-15,21-22,28-29,33H,9-10,12-13,16-19H2,1H3,(H,30,31)/t21-,22+/m1/s1. The number of aromatic amines is 1. The molecule has 41 heavy (non-hydrogen) atoms. The molecule has 1 spiro atoms. The van der Waals surface area contributed by atoms with Gasteiger partial charge in [-0.2, -0.15) is 9.40 Å². The zero-order valence-corrected chi connectivity index (χ0v) is 24.3. The summed E-state index contributed by atoms with van der Waals surface area (Å²) < 4.78 is 66.3. The highest BCUT2D eigenvalue weighted by atomic mass is 32.2. The quantitative estimate of drug-likeness (QED) is 0.253. The van der Waals surface area contributed by atoms with Crippen LogP contribution < -0.4 is 14.8 Å². The summed E-state index contributed by atoms with van der Waals surface area (Å²) in [6.07, 6.45) is 2.69. The van der Waals surface area contributed by atoms with Crippen molar-refractivity contribution in [1.82, 2.24) is 24.5 Å². The molecule has 5 rings (SSSR count). The Bertz CT molecular complexity index is 1540. The lowest BCUT2D eigenvalue weighted by Gasteiger charge is -2.38. The van der Waals surface area contributed by atoms with Gasteiger partial charge in [0.2, 0.25) is 20.0 Å². The van der Waals surface area contributed by atoms with Crippen molar-refractivity contribution in [3.8, 4) is 17.0 Å². The van der Waals surface area contributed by atoms with Gasteiger partial charge in [0, 0.05) is 43.5 Å². The number of aliphatic hydroxyl groups excluding tert-OH is 1. The predicted octanol–water partition coefficient (Wildman–Crippen LogP) is 1.33. The summed E-state index contributed by atoms with van der Waals surface area (Å²) in [5.74, 6) is 0.346. The molecule has 2 atom stereocenters. The lowest BCUT2D eigenvalue weighted by atomic mass is 9.88. The molecule has 0 bridgehead atoms. The van der Waals surface area contributed by atoms with Gasteiger partial charge in [-0.15, -0.1) is 0 Å². The van der Waals surface area contributed by atoms with Crippen molar-refractivity contribution >= 4 is 20.0 Å². The second-order valence-electron chi connectivity index (χ2n) is 10.4. The minimum absolute atomic E-state index is 0.0107. The maximum atomic E-state index is 13.4. The van der Waals surface area contributed by atoms with E-state index in [4.69, 9.17) is 9.47 Å². The number of aliphatic hydroxyl groups is 1. The van der Waals surface area contributed by atoms with Gasteiger partial charge in [-0.25, -0.2) is 21.6 Å². The van der Waals surface area contributed by atoms with Crippen LogP contribution in [0.4, 0.5) is 0 Å². The third-order valence-corrected chi connectivity index (χ3v) is 10.9. The molecule has 2 aliphatic heterocycles. The fourth-order valence-corrected chi connectivity index (χ4v) is 7.50. The van der Waals surface area contributed by atoms with Crippen molar-refractivity contribution in [3.05, 3.63) is 60.8 Å². The van der Waals surface area contributed by atoms with Crippen LogP contribution in [0.5, 0.6) is 5.75 Å². The molecule has 0 amide bonds. The highest BCUT2D eigenvalue weighted by Gasteiger charge is 2.44. The Kier molecular flexibility index (Phi) is 8.80. The Morgan fingerprint density at radius 3 is 2.61 bits per heavy atom.